The van der Waals surface area contributed by atoms with Crippen LogP contribution in [0, 0.1) is 12.7 Å². The molecule has 2 atom stereocenters. The Balaban J connectivity index is 1.38. The number of ether oxygens (including phenoxy) is 1. The maximum Gasteiger partial charge on any atom is 0.424 e. The second kappa shape index (κ2) is 12.0. The number of nitrogens with zero attached hydrogens (tertiary/aromatic N) is 3. The van der Waals surface area contributed by atoms with Crippen molar-refractivity contribution in [3.8, 4) is 17.0 Å². The van der Waals surface area contributed by atoms with Crippen molar-refractivity contribution >= 4 is 34.4 Å². The number of aryl methyl sites for hydroxylation is 1. The number of nitrogens with two attached hydrogens (primary N) is 1. The molecule has 1 aliphatic carbocycles. The maximum atomic E-state index is 14.9. The first-order valence-corrected chi connectivity index (χ1v) is 15.3. The van der Waals surface area contributed by atoms with Crippen LogP contribution in [0.1, 0.15) is 46.9 Å². The lowest BCUT2D eigenvalue weighted by Crippen LogP contribution is -2.51. The number of primary amides is 1. The number of fused-ring (bicyclic) bond motifs is 2. The Morgan fingerprint density at radius 2 is 1.82 bits per heavy atom. The lowest BCUT2D eigenvalue weighted by atomic mass is 9.81. The van der Waals surface area contributed by atoms with Gasteiger partial charge in [-0.2, -0.15) is 13.2 Å². The molecule has 11 nitrogen and oxygen atoms in total. The van der Waals surface area contributed by atoms with Crippen molar-refractivity contribution in [2.24, 2.45) is 5.73 Å². The molecule has 3 heterocycles. The number of anilines is 1. The van der Waals surface area contributed by atoms with Crippen molar-refractivity contribution < 1.29 is 41.8 Å². The summed E-state index contributed by atoms with van der Waals surface area (Å²) in [6, 6.07) is 9.57. The number of rotatable bonds is 8. The van der Waals surface area contributed by atoms with Crippen LogP contribution >= 0.6 is 0 Å². The van der Waals surface area contributed by atoms with E-state index in [0.717, 1.165) is 36.6 Å². The van der Waals surface area contributed by atoms with Crippen LogP contribution in [-0.2, 0) is 15.8 Å². The molecule has 4 aromatic rings. The molecular formula is C34H32F4N6O5. The topological polar surface area (TPSA) is 160 Å². The highest BCUT2D eigenvalue weighted by atomic mass is 19.4. The summed E-state index contributed by atoms with van der Waals surface area (Å²) in [6.45, 7) is 1.43. The number of carbonyl (C=O) groups excluding carboxylic acids is 3. The number of alkyl halides is 3. The molecule has 2 aliphatic rings. The average Bonchev–Trinajstić information content (AvgIpc) is 3.84. The van der Waals surface area contributed by atoms with Gasteiger partial charge in [0, 0.05) is 41.4 Å². The van der Waals surface area contributed by atoms with E-state index in [1.807, 2.05) is 0 Å². The summed E-state index contributed by atoms with van der Waals surface area (Å²) < 4.78 is 64.0. The van der Waals surface area contributed by atoms with E-state index in [1.54, 1.807) is 26.2 Å². The van der Waals surface area contributed by atoms with Gasteiger partial charge in [-0.3, -0.25) is 14.6 Å². The molecular weight excluding hydrogens is 648 g/mol. The van der Waals surface area contributed by atoms with Gasteiger partial charge in [0.1, 0.15) is 29.3 Å². The standard InChI is InChI=1S/C34H32F4N6O5/c1-17-10-19-11-20(12-24(26(19)40-14-17)42-31(47)44(3)22-8-9-22)29(45)41-15-33(48,34(36,37)38)25-13-23-28(49-16-32(23,2)30(39)46)27(43-25)18-4-6-21(35)7-5-18/h4-7,10-14,22,48H,8-9,15-16H2,1-3H3,(H2,39,46)(H,41,45)(H,42,47)/t32-,33-/m0/s1. The van der Waals surface area contributed by atoms with Gasteiger partial charge in [0.2, 0.25) is 11.5 Å². The molecule has 5 N–H and O–H groups in total. The molecule has 0 saturated heterocycles. The van der Waals surface area contributed by atoms with Gasteiger partial charge in [0.25, 0.3) is 5.91 Å². The molecule has 0 unspecified atom stereocenters. The van der Waals surface area contributed by atoms with Crippen LogP contribution in [0.2, 0.25) is 0 Å². The number of carbonyl (C=O) groups is 3. The summed E-state index contributed by atoms with van der Waals surface area (Å²) in [4.78, 5) is 48.9. The van der Waals surface area contributed by atoms with Crippen molar-refractivity contribution in [2.45, 2.75) is 49.9 Å². The van der Waals surface area contributed by atoms with Crippen molar-refractivity contribution in [1.82, 2.24) is 20.2 Å². The van der Waals surface area contributed by atoms with E-state index in [-0.39, 0.29) is 46.5 Å². The number of nitrogens with one attached hydrogen (secondary N) is 2. The van der Waals surface area contributed by atoms with Gasteiger partial charge < -0.3 is 31.1 Å². The van der Waals surface area contributed by atoms with Crippen LogP contribution < -0.4 is 21.1 Å². The van der Waals surface area contributed by atoms with Crippen molar-refractivity contribution in [3.05, 3.63) is 82.9 Å². The number of aliphatic hydroxyl groups is 1. The van der Waals surface area contributed by atoms with E-state index in [1.165, 1.54) is 36.1 Å². The predicted octanol–water partition coefficient (Wildman–Crippen LogP) is 4.69. The highest BCUT2D eigenvalue weighted by Crippen LogP contribution is 2.47. The van der Waals surface area contributed by atoms with Gasteiger partial charge in [0.15, 0.2) is 0 Å². The smallest absolute Gasteiger partial charge is 0.424 e. The molecule has 0 bridgehead atoms. The molecule has 1 fully saturated rings. The summed E-state index contributed by atoms with van der Waals surface area (Å²) in [6.07, 6.45) is -2.12. The molecule has 15 heteroatoms. The van der Waals surface area contributed by atoms with Crippen LogP contribution in [0.15, 0.2) is 54.7 Å². The summed E-state index contributed by atoms with van der Waals surface area (Å²) >= 11 is 0. The number of pyridine rings is 2. The van der Waals surface area contributed by atoms with Crippen molar-refractivity contribution in [2.75, 3.05) is 25.5 Å². The minimum absolute atomic E-state index is 0.0489. The number of hydrogen-bond donors (Lipinski definition) is 4. The van der Waals surface area contributed by atoms with Gasteiger partial charge in [-0.15, -0.1) is 0 Å². The molecule has 256 valence electrons. The maximum absolute atomic E-state index is 14.9. The van der Waals surface area contributed by atoms with E-state index in [0.29, 0.717) is 10.9 Å². The van der Waals surface area contributed by atoms with Gasteiger partial charge in [0.05, 0.1) is 23.4 Å². The third kappa shape index (κ3) is 6.09. The largest absolute Gasteiger partial charge is 0.489 e. The Morgan fingerprint density at radius 3 is 2.45 bits per heavy atom. The SMILES string of the molecule is Cc1cnc2c(NC(=O)N(C)C3CC3)cc(C(=O)NC[C@](O)(c3cc4c(c(-c5ccc(F)cc5)n3)OC[C@]4(C)C(N)=O)C(F)(F)F)cc2c1. The zero-order chi connectivity index (χ0) is 35.5. The summed E-state index contributed by atoms with van der Waals surface area (Å²) in [5, 5.41) is 16.7. The van der Waals surface area contributed by atoms with E-state index in [9.17, 15) is 37.1 Å². The van der Waals surface area contributed by atoms with Crippen LogP contribution in [0.3, 0.4) is 0 Å². The fourth-order valence-electron chi connectivity index (χ4n) is 5.67. The second-order valence-corrected chi connectivity index (χ2v) is 12.6. The molecule has 0 radical (unpaired) electrons. The third-order valence-electron chi connectivity index (χ3n) is 8.97. The number of aromatic nitrogens is 2. The molecule has 6 rings (SSSR count). The predicted molar refractivity (Wildman–Crippen MR) is 170 cm³/mol. The minimum atomic E-state index is -5.40. The quantitative estimate of drug-likeness (QED) is 0.197. The fraction of sp³-hybridized carbons (Fsp3) is 0.324. The molecule has 49 heavy (non-hydrogen) atoms. The first-order valence-electron chi connectivity index (χ1n) is 15.3. The fourth-order valence-corrected chi connectivity index (χ4v) is 5.67. The Bertz CT molecular complexity index is 2000. The van der Waals surface area contributed by atoms with Gasteiger partial charge in [-0.05, 0) is 80.8 Å². The summed E-state index contributed by atoms with van der Waals surface area (Å²) in [5.41, 5.74) is 0.327. The Labute approximate surface area is 277 Å². The minimum Gasteiger partial charge on any atom is -0.489 e. The molecule has 2 aromatic heterocycles. The average molecular weight is 681 g/mol. The van der Waals surface area contributed by atoms with E-state index in [2.05, 4.69) is 20.6 Å². The van der Waals surface area contributed by atoms with Crippen LogP contribution in [-0.4, -0.2) is 70.2 Å². The Hall–Kier alpha value is -5.31. The number of benzene rings is 2. The van der Waals surface area contributed by atoms with Gasteiger partial charge in [-0.1, -0.05) is 0 Å². The second-order valence-electron chi connectivity index (χ2n) is 12.6. The first kappa shape index (κ1) is 33.6. The highest BCUT2D eigenvalue weighted by molar-refractivity contribution is 6.05. The molecule has 1 aliphatic heterocycles. The monoisotopic (exact) mass is 680 g/mol. The van der Waals surface area contributed by atoms with Crippen molar-refractivity contribution in [1.29, 1.82) is 0 Å². The zero-order valence-electron chi connectivity index (χ0n) is 26.6. The molecule has 4 amide bonds. The summed E-state index contributed by atoms with van der Waals surface area (Å²) in [5.74, 6) is -2.56. The lowest BCUT2D eigenvalue weighted by Gasteiger charge is -2.31. The third-order valence-corrected chi connectivity index (χ3v) is 8.97. The van der Waals surface area contributed by atoms with Crippen LogP contribution in [0.5, 0.6) is 5.75 Å². The van der Waals surface area contributed by atoms with Crippen LogP contribution in [0.25, 0.3) is 22.2 Å². The summed E-state index contributed by atoms with van der Waals surface area (Å²) in [7, 11) is 1.63. The molecule has 0 spiro atoms. The number of hydrogen-bond acceptors (Lipinski definition) is 7. The van der Waals surface area contributed by atoms with Gasteiger partial charge >= 0.3 is 12.2 Å². The number of amides is 4. The van der Waals surface area contributed by atoms with E-state index in [4.69, 9.17) is 10.5 Å². The normalized spacial score (nSPS) is 18.3. The molecule has 2 aromatic carbocycles. The van der Waals surface area contributed by atoms with E-state index < -0.39 is 53.1 Å². The van der Waals surface area contributed by atoms with Crippen molar-refractivity contribution in [3.63, 3.8) is 0 Å². The van der Waals surface area contributed by atoms with Crippen LogP contribution in [0.4, 0.5) is 28.0 Å². The molecule has 1 saturated carbocycles. The highest BCUT2D eigenvalue weighted by Gasteiger charge is 2.57. The van der Waals surface area contributed by atoms with E-state index >= 15 is 0 Å². The Morgan fingerprint density at radius 1 is 1.12 bits per heavy atom. The Kier molecular flexibility index (Phi) is 8.21. The first-order chi connectivity index (χ1) is 23.0. The lowest BCUT2D eigenvalue weighted by molar-refractivity contribution is -0.265. The number of urea groups is 1. The van der Waals surface area contributed by atoms with Gasteiger partial charge in [-0.25, -0.2) is 14.2 Å². The number of halogens is 4. The zero-order valence-corrected chi connectivity index (χ0v) is 26.6.